The van der Waals surface area contributed by atoms with Crippen LogP contribution in [0.15, 0.2) is 0 Å². The molecule has 4 heterocycles. The Morgan fingerprint density at radius 2 is 1.68 bits per heavy atom. The minimum atomic E-state index is -0.111. The molecule has 1 atom stereocenters. The molecule has 186 valence electrons. The minimum absolute atomic E-state index is 0.111. The third kappa shape index (κ3) is 5.80. The number of hydrogen-bond donors (Lipinski definition) is 1. The highest BCUT2D eigenvalue weighted by Crippen LogP contribution is 2.28. The highest BCUT2D eigenvalue weighted by atomic mass is 16.5. The molecule has 0 spiro atoms. The fraction of sp³-hybridized carbons (Fsp3) is 0.720. The fourth-order valence-corrected chi connectivity index (χ4v) is 5.27. The van der Waals surface area contributed by atoms with Crippen LogP contribution >= 0.6 is 0 Å². The van der Waals surface area contributed by atoms with E-state index in [-0.39, 0.29) is 24.5 Å². The van der Waals surface area contributed by atoms with Gasteiger partial charge < -0.3 is 19.5 Å². The first kappa shape index (κ1) is 24.7. The van der Waals surface area contributed by atoms with Gasteiger partial charge >= 0.3 is 0 Å². The normalized spacial score (nSPS) is 22.0. The first-order valence-electron chi connectivity index (χ1n) is 12.7. The Bertz CT molecular complexity index is 916. The summed E-state index contributed by atoms with van der Waals surface area (Å²) in [6, 6.07) is 2.28. The van der Waals surface area contributed by atoms with Crippen LogP contribution in [0.4, 0.5) is 5.82 Å². The highest BCUT2D eigenvalue weighted by molar-refractivity contribution is 5.93. The van der Waals surface area contributed by atoms with E-state index in [1.807, 2.05) is 23.3 Å². The average molecular weight is 471 g/mol. The lowest BCUT2D eigenvalue weighted by molar-refractivity contribution is -0.134. The molecular formula is C25H38N6O3. The Morgan fingerprint density at radius 1 is 1.00 bits per heavy atom. The van der Waals surface area contributed by atoms with Gasteiger partial charge in [0, 0.05) is 51.6 Å². The number of rotatable bonds is 7. The molecule has 0 saturated carbocycles. The van der Waals surface area contributed by atoms with Crippen LogP contribution in [-0.4, -0.2) is 96.2 Å². The van der Waals surface area contributed by atoms with E-state index >= 15 is 0 Å². The van der Waals surface area contributed by atoms with E-state index in [0.29, 0.717) is 24.5 Å². The number of piperazine rings is 1. The standard InChI is InChI=1S/C25H38N6O3/c1-19-20(2)31(16-21-7-6-14-34-21)25(22(19)15-26)27-23(32)17-28-10-12-29(13-11-28)18-24(33)30-8-4-3-5-9-30/h21H,3-14,16-18H2,1-2H3,(H,27,32). The Hall–Kier alpha value is -2.41. The van der Waals surface area contributed by atoms with Crippen molar-refractivity contribution >= 4 is 17.6 Å². The molecular weight excluding hydrogens is 432 g/mol. The molecule has 9 heteroatoms. The van der Waals surface area contributed by atoms with Gasteiger partial charge in [-0.15, -0.1) is 0 Å². The first-order valence-corrected chi connectivity index (χ1v) is 12.7. The van der Waals surface area contributed by atoms with Gasteiger partial charge in [0.1, 0.15) is 11.9 Å². The van der Waals surface area contributed by atoms with Crippen LogP contribution in [-0.2, 0) is 20.9 Å². The molecule has 0 aromatic carbocycles. The zero-order valence-electron chi connectivity index (χ0n) is 20.6. The Labute approximate surface area is 202 Å². The summed E-state index contributed by atoms with van der Waals surface area (Å²) >= 11 is 0. The van der Waals surface area contributed by atoms with Crippen LogP contribution < -0.4 is 5.32 Å². The molecule has 0 radical (unpaired) electrons. The van der Waals surface area contributed by atoms with Gasteiger partial charge in [0.15, 0.2) is 0 Å². The summed E-state index contributed by atoms with van der Waals surface area (Å²) in [5.41, 5.74) is 2.43. The summed E-state index contributed by atoms with van der Waals surface area (Å²) in [5, 5.41) is 12.8. The predicted octanol–water partition coefficient (Wildman–Crippen LogP) is 1.72. The van der Waals surface area contributed by atoms with Crippen molar-refractivity contribution < 1.29 is 14.3 Å². The zero-order valence-corrected chi connectivity index (χ0v) is 20.6. The largest absolute Gasteiger partial charge is 0.376 e. The van der Waals surface area contributed by atoms with Crippen molar-refractivity contribution in [2.75, 3.05) is 64.3 Å². The Kier molecular flexibility index (Phi) is 8.24. The third-order valence-electron chi connectivity index (χ3n) is 7.51. The molecule has 3 aliphatic heterocycles. The van der Waals surface area contributed by atoms with Crippen LogP contribution in [0, 0.1) is 25.2 Å². The number of ether oxygens (including phenoxy) is 1. The van der Waals surface area contributed by atoms with E-state index in [2.05, 4.69) is 21.2 Å². The highest BCUT2D eigenvalue weighted by Gasteiger charge is 2.26. The van der Waals surface area contributed by atoms with Gasteiger partial charge in [-0.2, -0.15) is 5.26 Å². The number of aromatic nitrogens is 1. The van der Waals surface area contributed by atoms with E-state index in [1.165, 1.54) is 6.42 Å². The van der Waals surface area contributed by atoms with Gasteiger partial charge in [-0.05, 0) is 51.5 Å². The van der Waals surface area contributed by atoms with E-state index in [4.69, 9.17) is 4.74 Å². The van der Waals surface area contributed by atoms with Crippen molar-refractivity contribution in [3.05, 3.63) is 16.8 Å². The van der Waals surface area contributed by atoms with Crippen molar-refractivity contribution in [1.82, 2.24) is 19.3 Å². The van der Waals surface area contributed by atoms with Gasteiger partial charge in [0.05, 0.1) is 31.3 Å². The van der Waals surface area contributed by atoms with Crippen molar-refractivity contribution in [3.63, 3.8) is 0 Å². The summed E-state index contributed by atoms with van der Waals surface area (Å²) in [7, 11) is 0. The van der Waals surface area contributed by atoms with E-state index in [1.54, 1.807) is 0 Å². The maximum absolute atomic E-state index is 12.9. The predicted molar refractivity (Wildman–Crippen MR) is 130 cm³/mol. The monoisotopic (exact) mass is 470 g/mol. The minimum Gasteiger partial charge on any atom is -0.376 e. The molecule has 3 aliphatic rings. The first-order chi connectivity index (χ1) is 16.5. The lowest BCUT2D eigenvalue weighted by atomic mass is 10.1. The second kappa shape index (κ2) is 11.3. The molecule has 0 aliphatic carbocycles. The van der Waals surface area contributed by atoms with Crippen molar-refractivity contribution in [1.29, 1.82) is 5.26 Å². The van der Waals surface area contributed by atoms with Crippen LogP contribution in [0.25, 0.3) is 0 Å². The molecule has 1 unspecified atom stereocenters. The zero-order chi connectivity index (χ0) is 24.1. The molecule has 2 amide bonds. The third-order valence-corrected chi connectivity index (χ3v) is 7.51. The number of carbonyl (C=O) groups is 2. The molecule has 1 N–H and O–H groups in total. The van der Waals surface area contributed by atoms with Gasteiger partial charge in [0.2, 0.25) is 11.8 Å². The lowest BCUT2D eigenvalue weighted by Crippen LogP contribution is -2.51. The smallest absolute Gasteiger partial charge is 0.239 e. The quantitative estimate of drug-likeness (QED) is 0.652. The summed E-state index contributed by atoms with van der Waals surface area (Å²) in [4.78, 5) is 31.8. The molecule has 4 rings (SSSR count). The van der Waals surface area contributed by atoms with Gasteiger partial charge in [-0.3, -0.25) is 19.4 Å². The molecule has 3 fully saturated rings. The molecule has 3 saturated heterocycles. The summed E-state index contributed by atoms with van der Waals surface area (Å²) in [6.45, 7) is 10.9. The molecule has 1 aromatic rings. The van der Waals surface area contributed by atoms with E-state index < -0.39 is 0 Å². The van der Waals surface area contributed by atoms with Gasteiger partial charge in [0.25, 0.3) is 0 Å². The maximum Gasteiger partial charge on any atom is 0.239 e. The van der Waals surface area contributed by atoms with Gasteiger partial charge in [-0.25, -0.2) is 0 Å². The topological polar surface area (TPSA) is 93.8 Å². The number of hydrogen-bond acceptors (Lipinski definition) is 6. The number of amides is 2. The van der Waals surface area contributed by atoms with Crippen molar-refractivity contribution in [2.45, 2.75) is 58.6 Å². The van der Waals surface area contributed by atoms with Gasteiger partial charge in [-0.1, -0.05) is 0 Å². The lowest BCUT2D eigenvalue weighted by Gasteiger charge is -2.35. The average Bonchev–Trinajstić information content (AvgIpc) is 3.43. The second-order valence-corrected chi connectivity index (χ2v) is 9.83. The summed E-state index contributed by atoms with van der Waals surface area (Å²) in [5.74, 6) is 0.705. The van der Waals surface area contributed by atoms with Crippen molar-refractivity contribution in [2.24, 2.45) is 0 Å². The number of carbonyl (C=O) groups excluding carboxylic acids is 2. The van der Waals surface area contributed by atoms with Crippen LogP contribution in [0.2, 0.25) is 0 Å². The molecule has 9 nitrogen and oxygen atoms in total. The number of likely N-dealkylation sites (tertiary alicyclic amines) is 1. The molecule has 34 heavy (non-hydrogen) atoms. The second-order valence-electron chi connectivity index (χ2n) is 9.83. The summed E-state index contributed by atoms with van der Waals surface area (Å²) in [6.07, 6.45) is 5.60. The number of anilines is 1. The molecule has 1 aromatic heterocycles. The summed E-state index contributed by atoms with van der Waals surface area (Å²) < 4.78 is 7.83. The number of nitrogens with one attached hydrogen (secondary N) is 1. The van der Waals surface area contributed by atoms with E-state index in [0.717, 1.165) is 82.8 Å². The molecule has 0 bridgehead atoms. The SMILES string of the molecule is Cc1c(C#N)c(NC(=O)CN2CCN(CC(=O)N3CCCCC3)CC2)n(CC2CCCO2)c1C. The van der Waals surface area contributed by atoms with Crippen molar-refractivity contribution in [3.8, 4) is 6.07 Å². The van der Waals surface area contributed by atoms with Crippen LogP contribution in [0.3, 0.4) is 0 Å². The Morgan fingerprint density at radius 3 is 2.29 bits per heavy atom. The number of nitriles is 1. The maximum atomic E-state index is 12.9. The Balaban J connectivity index is 1.30. The number of piperidine rings is 1. The fourth-order valence-electron chi connectivity index (χ4n) is 5.27. The van der Waals surface area contributed by atoms with Crippen LogP contribution in [0.1, 0.15) is 48.9 Å². The van der Waals surface area contributed by atoms with E-state index in [9.17, 15) is 14.9 Å². The van der Waals surface area contributed by atoms with Crippen LogP contribution in [0.5, 0.6) is 0 Å². The number of nitrogens with zero attached hydrogens (tertiary/aromatic N) is 5.